The topological polar surface area (TPSA) is 71.9 Å². The second kappa shape index (κ2) is 7.47. The average Bonchev–Trinajstić information content (AvgIpc) is 2.93. The monoisotopic (exact) mass is 342 g/mol. The van der Waals surface area contributed by atoms with Crippen LogP contribution in [0.25, 0.3) is 0 Å². The second-order valence-electron chi connectivity index (χ2n) is 6.25. The first-order valence-corrected chi connectivity index (χ1v) is 8.00. The summed E-state index contributed by atoms with van der Waals surface area (Å²) in [5, 5.41) is 9.93. The molecule has 0 aromatic carbocycles. The fourth-order valence-electron chi connectivity index (χ4n) is 2.74. The van der Waals surface area contributed by atoms with Crippen molar-refractivity contribution in [2.75, 3.05) is 33.4 Å². The van der Waals surface area contributed by atoms with Crippen molar-refractivity contribution in [3.63, 3.8) is 0 Å². The molecule has 1 N–H and O–H groups in total. The Labute approximate surface area is 141 Å². The van der Waals surface area contributed by atoms with Gasteiger partial charge in [-0.15, -0.1) is 0 Å². The van der Waals surface area contributed by atoms with E-state index in [9.17, 15) is 9.90 Å². The number of carbonyl (C=O) groups is 1. The molecule has 0 bridgehead atoms. The van der Waals surface area contributed by atoms with Crippen molar-refractivity contribution in [1.82, 2.24) is 9.88 Å². The number of ether oxygens (including phenoxy) is 2. The van der Waals surface area contributed by atoms with Gasteiger partial charge in [-0.1, -0.05) is 11.6 Å². The fraction of sp³-hybridized carbons (Fsp3) is 0.625. The van der Waals surface area contributed by atoms with Crippen molar-refractivity contribution in [2.45, 2.75) is 26.4 Å². The van der Waals surface area contributed by atoms with E-state index in [1.54, 1.807) is 18.1 Å². The molecule has 2 heterocycles. The third-order valence-corrected chi connectivity index (χ3v) is 4.18. The van der Waals surface area contributed by atoms with Crippen LogP contribution in [0.5, 0.6) is 5.88 Å². The molecule has 0 saturated carbocycles. The van der Waals surface area contributed by atoms with E-state index in [2.05, 4.69) is 4.98 Å². The molecule has 1 aliphatic heterocycles. The van der Waals surface area contributed by atoms with E-state index in [1.165, 1.54) is 6.20 Å². The number of amides is 1. The first kappa shape index (κ1) is 18.0. The molecule has 0 spiro atoms. The molecular weight excluding hydrogens is 320 g/mol. The zero-order chi connectivity index (χ0) is 17.0. The van der Waals surface area contributed by atoms with Gasteiger partial charge in [0.15, 0.2) is 0 Å². The molecule has 1 aromatic rings. The van der Waals surface area contributed by atoms with Crippen LogP contribution >= 0.6 is 11.6 Å². The summed E-state index contributed by atoms with van der Waals surface area (Å²) >= 11 is 6.14. The van der Waals surface area contributed by atoms with Crippen LogP contribution < -0.4 is 4.74 Å². The lowest BCUT2D eigenvalue weighted by Crippen LogP contribution is -2.36. The van der Waals surface area contributed by atoms with E-state index in [1.807, 2.05) is 13.8 Å². The molecule has 128 valence electrons. The molecule has 0 aliphatic carbocycles. The standard InChI is InChI=1S/C16H23ClN2O4/c1-11(2)23-14-13(17)6-12(7-18-14)15(21)19-5-4-16(8-19,9-20)10-22-3/h6-7,11,20H,4-5,8-10H2,1-3H3. The lowest BCUT2D eigenvalue weighted by atomic mass is 9.89. The van der Waals surface area contributed by atoms with Gasteiger partial charge in [-0.2, -0.15) is 0 Å². The van der Waals surface area contributed by atoms with Gasteiger partial charge in [-0.05, 0) is 26.3 Å². The Morgan fingerprint density at radius 2 is 2.30 bits per heavy atom. The van der Waals surface area contributed by atoms with E-state index in [-0.39, 0.29) is 24.0 Å². The number of methoxy groups -OCH3 is 1. The Balaban J connectivity index is 2.11. The van der Waals surface area contributed by atoms with Crippen LogP contribution in [0, 0.1) is 5.41 Å². The number of hydrogen-bond acceptors (Lipinski definition) is 5. The number of likely N-dealkylation sites (tertiary alicyclic amines) is 1. The first-order valence-electron chi connectivity index (χ1n) is 7.62. The minimum absolute atomic E-state index is 0.00913. The number of aliphatic hydroxyl groups is 1. The highest BCUT2D eigenvalue weighted by Crippen LogP contribution is 2.32. The molecular formula is C16H23ClN2O4. The van der Waals surface area contributed by atoms with Crippen LogP contribution in [0.2, 0.25) is 5.02 Å². The summed E-state index contributed by atoms with van der Waals surface area (Å²) in [6.07, 6.45) is 2.14. The second-order valence-corrected chi connectivity index (χ2v) is 6.65. The number of pyridine rings is 1. The zero-order valence-electron chi connectivity index (χ0n) is 13.7. The maximum absolute atomic E-state index is 12.6. The third-order valence-electron chi connectivity index (χ3n) is 3.91. The Morgan fingerprint density at radius 1 is 1.57 bits per heavy atom. The zero-order valence-corrected chi connectivity index (χ0v) is 14.5. The molecule has 1 aromatic heterocycles. The van der Waals surface area contributed by atoms with Crippen LogP contribution in [0.3, 0.4) is 0 Å². The predicted molar refractivity (Wildman–Crippen MR) is 86.9 cm³/mol. The maximum Gasteiger partial charge on any atom is 0.255 e. The lowest BCUT2D eigenvalue weighted by molar-refractivity contribution is 0.0343. The SMILES string of the molecule is COCC1(CO)CCN(C(=O)c2cnc(OC(C)C)c(Cl)c2)C1. The van der Waals surface area contributed by atoms with Crippen LogP contribution in [0.15, 0.2) is 12.3 Å². The summed E-state index contributed by atoms with van der Waals surface area (Å²) in [5.41, 5.74) is 0.0276. The van der Waals surface area contributed by atoms with Gasteiger partial charge in [0.2, 0.25) is 5.88 Å². The van der Waals surface area contributed by atoms with Crippen molar-refractivity contribution < 1.29 is 19.4 Å². The average molecular weight is 343 g/mol. The molecule has 7 heteroatoms. The van der Waals surface area contributed by atoms with Crippen LogP contribution in [0.1, 0.15) is 30.6 Å². The molecule has 1 amide bonds. The number of nitrogens with zero attached hydrogens (tertiary/aromatic N) is 2. The summed E-state index contributed by atoms with van der Waals surface area (Å²) in [4.78, 5) is 18.4. The quantitative estimate of drug-likeness (QED) is 0.856. The highest BCUT2D eigenvalue weighted by Gasteiger charge is 2.40. The van der Waals surface area contributed by atoms with E-state index in [0.717, 1.165) is 0 Å². The minimum Gasteiger partial charge on any atom is -0.474 e. The van der Waals surface area contributed by atoms with Gasteiger partial charge in [-0.3, -0.25) is 4.79 Å². The van der Waals surface area contributed by atoms with Crippen molar-refractivity contribution in [3.05, 3.63) is 22.8 Å². The molecule has 1 saturated heterocycles. The smallest absolute Gasteiger partial charge is 0.255 e. The normalized spacial score (nSPS) is 21.0. The van der Waals surface area contributed by atoms with Crippen LogP contribution in [-0.2, 0) is 4.74 Å². The first-order chi connectivity index (χ1) is 10.9. The van der Waals surface area contributed by atoms with Crippen molar-refractivity contribution in [1.29, 1.82) is 0 Å². The van der Waals surface area contributed by atoms with Gasteiger partial charge in [0.1, 0.15) is 5.02 Å². The van der Waals surface area contributed by atoms with Gasteiger partial charge >= 0.3 is 0 Å². The van der Waals surface area contributed by atoms with Gasteiger partial charge in [0.25, 0.3) is 5.91 Å². The number of hydrogen-bond donors (Lipinski definition) is 1. The third kappa shape index (κ3) is 4.13. The van der Waals surface area contributed by atoms with Gasteiger partial charge in [0, 0.05) is 31.8 Å². The summed E-state index contributed by atoms with van der Waals surface area (Å²) < 4.78 is 10.6. The van der Waals surface area contributed by atoms with Gasteiger partial charge in [-0.25, -0.2) is 4.98 Å². The van der Waals surface area contributed by atoms with Gasteiger partial charge in [0.05, 0.1) is 24.9 Å². The summed E-state index contributed by atoms with van der Waals surface area (Å²) in [6, 6.07) is 1.57. The van der Waals surface area contributed by atoms with E-state index < -0.39 is 0 Å². The fourth-order valence-corrected chi connectivity index (χ4v) is 2.95. The summed E-state index contributed by atoms with van der Waals surface area (Å²) in [7, 11) is 1.60. The Morgan fingerprint density at radius 3 is 2.87 bits per heavy atom. The number of aliphatic hydroxyl groups excluding tert-OH is 1. The Hall–Kier alpha value is -1.37. The van der Waals surface area contributed by atoms with Crippen LogP contribution in [0.4, 0.5) is 0 Å². The number of halogens is 1. The van der Waals surface area contributed by atoms with E-state index in [0.29, 0.717) is 42.6 Å². The highest BCUT2D eigenvalue weighted by molar-refractivity contribution is 6.32. The molecule has 6 nitrogen and oxygen atoms in total. The molecule has 1 atom stereocenters. The van der Waals surface area contributed by atoms with Crippen LogP contribution in [-0.4, -0.2) is 60.4 Å². The lowest BCUT2D eigenvalue weighted by Gasteiger charge is -2.26. The number of carbonyl (C=O) groups excluding carboxylic acids is 1. The minimum atomic E-state index is -0.387. The van der Waals surface area contributed by atoms with E-state index >= 15 is 0 Å². The molecule has 1 unspecified atom stereocenters. The van der Waals surface area contributed by atoms with Crippen molar-refractivity contribution in [3.8, 4) is 5.88 Å². The highest BCUT2D eigenvalue weighted by atomic mass is 35.5. The molecule has 2 rings (SSSR count). The number of rotatable bonds is 6. The maximum atomic E-state index is 12.6. The molecule has 0 radical (unpaired) electrons. The summed E-state index contributed by atoms with van der Waals surface area (Å²) in [6.45, 7) is 5.21. The van der Waals surface area contributed by atoms with Crippen molar-refractivity contribution in [2.24, 2.45) is 5.41 Å². The van der Waals surface area contributed by atoms with E-state index in [4.69, 9.17) is 21.1 Å². The summed E-state index contributed by atoms with van der Waals surface area (Å²) in [5.74, 6) is 0.172. The predicted octanol–water partition coefficient (Wildman–Crippen LogP) is 1.99. The largest absolute Gasteiger partial charge is 0.474 e. The Kier molecular flexibility index (Phi) is 5.84. The number of aromatic nitrogens is 1. The Bertz CT molecular complexity index is 567. The molecule has 1 aliphatic rings. The van der Waals surface area contributed by atoms with Crippen molar-refractivity contribution >= 4 is 17.5 Å². The molecule has 23 heavy (non-hydrogen) atoms. The molecule has 1 fully saturated rings. The van der Waals surface area contributed by atoms with Gasteiger partial charge < -0.3 is 19.5 Å².